The number of hydrogen-bond acceptors (Lipinski definition) is 4. The fourth-order valence-corrected chi connectivity index (χ4v) is 1.78. The Balaban J connectivity index is 2.29. The van der Waals surface area contributed by atoms with E-state index in [1.807, 2.05) is 32.0 Å². The first-order valence-corrected chi connectivity index (χ1v) is 5.88. The molecule has 1 aromatic carbocycles. The highest BCUT2D eigenvalue weighted by Gasteiger charge is 2.06. The van der Waals surface area contributed by atoms with Crippen LogP contribution in [-0.4, -0.2) is 17.1 Å². The van der Waals surface area contributed by atoms with Crippen molar-refractivity contribution >= 4 is 23.1 Å². The number of anilines is 2. The third-order valence-electron chi connectivity index (χ3n) is 2.68. The molecule has 1 heterocycles. The van der Waals surface area contributed by atoms with Gasteiger partial charge in [-0.3, -0.25) is 0 Å². The van der Waals surface area contributed by atoms with E-state index >= 15 is 0 Å². The number of aromatic nitrogens is 2. The number of halogens is 1. The predicted molar refractivity (Wildman–Crippen MR) is 72.8 cm³/mol. The molecule has 1 N–H and O–H groups in total. The van der Waals surface area contributed by atoms with Crippen LogP contribution < -0.4 is 10.1 Å². The van der Waals surface area contributed by atoms with Crippen molar-refractivity contribution in [3.8, 4) is 5.75 Å². The van der Waals surface area contributed by atoms with Gasteiger partial charge in [0.25, 0.3) is 0 Å². The number of hydrogen-bond donors (Lipinski definition) is 1. The van der Waals surface area contributed by atoms with Crippen molar-refractivity contribution in [3.05, 3.63) is 40.8 Å². The van der Waals surface area contributed by atoms with Gasteiger partial charge in [-0.25, -0.2) is 9.97 Å². The van der Waals surface area contributed by atoms with Crippen LogP contribution in [0, 0.1) is 13.8 Å². The van der Waals surface area contributed by atoms with E-state index in [1.54, 1.807) is 7.11 Å². The monoisotopic (exact) mass is 263 g/mol. The van der Waals surface area contributed by atoms with Gasteiger partial charge in [-0.15, -0.1) is 0 Å². The Labute approximate surface area is 111 Å². The van der Waals surface area contributed by atoms with Gasteiger partial charge in [-0.2, -0.15) is 0 Å². The minimum Gasteiger partial charge on any atom is -0.496 e. The Hall–Kier alpha value is -1.81. The van der Waals surface area contributed by atoms with Crippen molar-refractivity contribution in [2.75, 3.05) is 12.4 Å². The molecule has 0 spiro atoms. The van der Waals surface area contributed by atoms with Gasteiger partial charge in [-0.1, -0.05) is 11.6 Å². The second-order valence-electron chi connectivity index (χ2n) is 3.95. The summed E-state index contributed by atoms with van der Waals surface area (Å²) in [5.41, 5.74) is 2.82. The largest absolute Gasteiger partial charge is 0.496 e. The molecule has 94 valence electrons. The van der Waals surface area contributed by atoms with Gasteiger partial charge in [0.05, 0.1) is 7.11 Å². The zero-order valence-corrected chi connectivity index (χ0v) is 11.2. The Morgan fingerprint density at radius 2 is 2.00 bits per heavy atom. The van der Waals surface area contributed by atoms with Crippen LogP contribution in [0.5, 0.6) is 5.75 Å². The van der Waals surface area contributed by atoms with E-state index < -0.39 is 0 Å². The van der Waals surface area contributed by atoms with E-state index in [4.69, 9.17) is 16.3 Å². The molecule has 0 aliphatic heterocycles. The molecule has 0 fully saturated rings. The molecule has 0 saturated heterocycles. The number of nitrogens with zero attached hydrogens (tertiary/aromatic N) is 2. The SMILES string of the molecule is COc1ccc(Nc2ncnc(Cl)c2C)cc1C. The zero-order chi connectivity index (χ0) is 13.1. The van der Waals surface area contributed by atoms with Crippen molar-refractivity contribution in [2.24, 2.45) is 0 Å². The summed E-state index contributed by atoms with van der Waals surface area (Å²) in [6.45, 7) is 3.87. The number of rotatable bonds is 3. The lowest BCUT2D eigenvalue weighted by molar-refractivity contribution is 0.412. The summed E-state index contributed by atoms with van der Waals surface area (Å²) >= 11 is 5.95. The summed E-state index contributed by atoms with van der Waals surface area (Å²) in [6, 6.07) is 5.84. The maximum Gasteiger partial charge on any atom is 0.138 e. The summed E-state index contributed by atoms with van der Waals surface area (Å²) in [7, 11) is 1.66. The fourth-order valence-electron chi connectivity index (χ4n) is 1.65. The Bertz CT molecular complexity index is 572. The summed E-state index contributed by atoms with van der Waals surface area (Å²) in [5.74, 6) is 1.57. The quantitative estimate of drug-likeness (QED) is 0.861. The lowest BCUT2D eigenvalue weighted by Crippen LogP contribution is -1.98. The molecule has 18 heavy (non-hydrogen) atoms. The fraction of sp³-hybridized carbons (Fsp3) is 0.231. The first-order chi connectivity index (χ1) is 8.61. The molecule has 2 aromatic rings. The van der Waals surface area contributed by atoms with E-state index in [-0.39, 0.29) is 0 Å². The average Bonchev–Trinajstić information content (AvgIpc) is 2.35. The Morgan fingerprint density at radius 1 is 1.22 bits per heavy atom. The van der Waals surface area contributed by atoms with Gasteiger partial charge in [0.15, 0.2) is 0 Å². The molecule has 0 aliphatic rings. The third kappa shape index (κ3) is 2.54. The predicted octanol–water partition coefficient (Wildman–Crippen LogP) is 3.50. The molecular weight excluding hydrogens is 250 g/mol. The smallest absolute Gasteiger partial charge is 0.138 e. The van der Waals surface area contributed by atoms with Crippen LogP contribution in [0.2, 0.25) is 5.15 Å². The van der Waals surface area contributed by atoms with Crippen LogP contribution in [0.15, 0.2) is 24.5 Å². The molecule has 1 aromatic heterocycles. The Kier molecular flexibility index (Phi) is 3.67. The van der Waals surface area contributed by atoms with Gasteiger partial charge >= 0.3 is 0 Å². The van der Waals surface area contributed by atoms with E-state index in [1.165, 1.54) is 6.33 Å². The number of ether oxygens (including phenoxy) is 1. The molecule has 0 amide bonds. The van der Waals surface area contributed by atoms with Crippen molar-refractivity contribution < 1.29 is 4.74 Å². The van der Waals surface area contributed by atoms with Gasteiger partial charge in [-0.05, 0) is 37.6 Å². The van der Waals surface area contributed by atoms with Gasteiger partial charge < -0.3 is 10.1 Å². The van der Waals surface area contributed by atoms with Gasteiger partial charge in [0.2, 0.25) is 0 Å². The van der Waals surface area contributed by atoms with Crippen LogP contribution in [0.3, 0.4) is 0 Å². The van der Waals surface area contributed by atoms with Crippen molar-refractivity contribution in [2.45, 2.75) is 13.8 Å². The molecule has 0 bridgehead atoms. The minimum atomic E-state index is 0.456. The molecule has 0 aliphatic carbocycles. The standard InChI is InChI=1S/C13H14ClN3O/c1-8-6-10(4-5-11(8)18-3)17-13-9(2)12(14)15-7-16-13/h4-7H,1-3H3,(H,15,16,17). The molecule has 4 nitrogen and oxygen atoms in total. The highest BCUT2D eigenvalue weighted by molar-refractivity contribution is 6.30. The highest BCUT2D eigenvalue weighted by Crippen LogP contribution is 2.26. The number of benzene rings is 1. The normalized spacial score (nSPS) is 10.2. The maximum atomic E-state index is 5.95. The molecule has 0 saturated carbocycles. The van der Waals surface area contributed by atoms with Crippen molar-refractivity contribution in [1.82, 2.24) is 9.97 Å². The third-order valence-corrected chi connectivity index (χ3v) is 3.06. The minimum absolute atomic E-state index is 0.456. The summed E-state index contributed by atoms with van der Waals surface area (Å²) in [4.78, 5) is 8.09. The van der Waals surface area contributed by atoms with Crippen LogP contribution in [0.1, 0.15) is 11.1 Å². The number of methoxy groups -OCH3 is 1. The second-order valence-corrected chi connectivity index (χ2v) is 4.31. The zero-order valence-electron chi connectivity index (χ0n) is 10.5. The highest BCUT2D eigenvalue weighted by atomic mass is 35.5. The lowest BCUT2D eigenvalue weighted by Gasteiger charge is -2.11. The first kappa shape index (κ1) is 12.6. The molecule has 5 heteroatoms. The van der Waals surface area contributed by atoms with Crippen LogP contribution in [-0.2, 0) is 0 Å². The average molecular weight is 264 g/mol. The van der Waals surface area contributed by atoms with Gasteiger partial charge in [0.1, 0.15) is 23.0 Å². The molecule has 0 atom stereocenters. The molecule has 0 radical (unpaired) electrons. The summed E-state index contributed by atoms with van der Waals surface area (Å²) in [5, 5.41) is 3.67. The lowest BCUT2D eigenvalue weighted by atomic mass is 10.2. The van der Waals surface area contributed by atoms with Gasteiger partial charge in [0, 0.05) is 11.3 Å². The van der Waals surface area contributed by atoms with Crippen LogP contribution >= 0.6 is 11.6 Å². The molecule has 0 unspecified atom stereocenters. The number of aryl methyl sites for hydroxylation is 1. The second kappa shape index (κ2) is 5.23. The molecular formula is C13H14ClN3O. The topological polar surface area (TPSA) is 47.0 Å². The van der Waals surface area contributed by atoms with E-state index in [0.717, 1.165) is 22.6 Å². The summed E-state index contributed by atoms with van der Waals surface area (Å²) < 4.78 is 5.22. The van der Waals surface area contributed by atoms with Crippen LogP contribution in [0.25, 0.3) is 0 Å². The Morgan fingerprint density at radius 3 is 2.67 bits per heavy atom. The summed E-state index contributed by atoms with van der Waals surface area (Å²) in [6.07, 6.45) is 1.44. The van der Waals surface area contributed by atoms with E-state index in [9.17, 15) is 0 Å². The first-order valence-electron chi connectivity index (χ1n) is 5.50. The van der Waals surface area contributed by atoms with E-state index in [0.29, 0.717) is 11.0 Å². The molecule has 2 rings (SSSR count). The van der Waals surface area contributed by atoms with E-state index in [2.05, 4.69) is 15.3 Å². The van der Waals surface area contributed by atoms with Crippen molar-refractivity contribution in [1.29, 1.82) is 0 Å². The number of nitrogens with one attached hydrogen (secondary N) is 1. The maximum absolute atomic E-state index is 5.95. The van der Waals surface area contributed by atoms with Crippen LogP contribution in [0.4, 0.5) is 11.5 Å². The van der Waals surface area contributed by atoms with Crippen molar-refractivity contribution in [3.63, 3.8) is 0 Å².